The second-order valence-electron chi connectivity index (χ2n) is 5.39. The summed E-state index contributed by atoms with van der Waals surface area (Å²) in [5, 5.41) is 3.87. The van der Waals surface area contributed by atoms with Gasteiger partial charge in [-0.2, -0.15) is 0 Å². The molecule has 1 fully saturated rings. The lowest BCUT2D eigenvalue weighted by Crippen LogP contribution is -3.16. The van der Waals surface area contributed by atoms with Crippen molar-refractivity contribution in [1.29, 1.82) is 0 Å². The van der Waals surface area contributed by atoms with Crippen molar-refractivity contribution >= 4 is 46.4 Å². The summed E-state index contributed by atoms with van der Waals surface area (Å²) in [6.07, 6.45) is 0.315. The molecule has 1 saturated heterocycles. The van der Waals surface area contributed by atoms with Gasteiger partial charge in [0.15, 0.2) is 6.54 Å². The zero-order valence-corrected chi connectivity index (χ0v) is 14.1. The SMILES string of the molecule is C[C@@H]1C[NH+](CC(=O)Nc2cc(Cl)c(Cl)cc2Cl)C[C@@H](C)O1. The van der Waals surface area contributed by atoms with Crippen LogP contribution in [0, 0.1) is 0 Å². The Balaban J connectivity index is 1.97. The largest absolute Gasteiger partial charge is 0.364 e. The van der Waals surface area contributed by atoms with Gasteiger partial charge in [0.25, 0.3) is 5.91 Å². The van der Waals surface area contributed by atoms with E-state index in [2.05, 4.69) is 5.32 Å². The van der Waals surface area contributed by atoms with E-state index in [-0.39, 0.29) is 18.1 Å². The van der Waals surface area contributed by atoms with Crippen LogP contribution in [0.15, 0.2) is 12.1 Å². The number of rotatable bonds is 3. The molecule has 0 aromatic heterocycles. The molecule has 0 radical (unpaired) electrons. The molecule has 0 spiro atoms. The van der Waals surface area contributed by atoms with Crippen molar-refractivity contribution in [2.75, 3.05) is 25.0 Å². The Hall–Kier alpha value is -0.520. The molecule has 2 N–H and O–H groups in total. The Morgan fingerprint density at radius 2 is 1.76 bits per heavy atom. The van der Waals surface area contributed by atoms with Gasteiger partial charge in [-0.25, -0.2) is 0 Å². The van der Waals surface area contributed by atoms with Crippen LogP contribution in [0.1, 0.15) is 13.8 Å². The summed E-state index contributed by atoms with van der Waals surface area (Å²) in [6.45, 7) is 6.03. The second kappa shape index (κ2) is 7.16. The summed E-state index contributed by atoms with van der Waals surface area (Å²) in [7, 11) is 0. The van der Waals surface area contributed by atoms with Crippen LogP contribution in [-0.4, -0.2) is 37.7 Å². The van der Waals surface area contributed by atoms with E-state index >= 15 is 0 Å². The lowest BCUT2D eigenvalue weighted by molar-refractivity contribution is -0.907. The normalized spacial score (nSPS) is 25.7. The van der Waals surface area contributed by atoms with E-state index in [1.54, 1.807) is 6.07 Å². The molecule has 0 saturated carbocycles. The number of benzene rings is 1. The highest BCUT2D eigenvalue weighted by atomic mass is 35.5. The minimum absolute atomic E-state index is 0.105. The first-order valence-electron chi connectivity index (χ1n) is 6.78. The fourth-order valence-electron chi connectivity index (χ4n) is 2.57. The zero-order chi connectivity index (χ0) is 15.6. The van der Waals surface area contributed by atoms with E-state index < -0.39 is 0 Å². The fourth-order valence-corrected chi connectivity index (χ4v) is 3.17. The molecule has 0 bridgehead atoms. The van der Waals surface area contributed by atoms with E-state index in [4.69, 9.17) is 39.5 Å². The van der Waals surface area contributed by atoms with Crippen LogP contribution in [-0.2, 0) is 9.53 Å². The van der Waals surface area contributed by atoms with E-state index in [1.165, 1.54) is 11.0 Å². The van der Waals surface area contributed by atoms with Crippen LogP contribution < -0.4 is 10.2 Å². The Bertz CT molecular complexity index is 529. The second-order valence-corrected chi connectivity index (χ2v) is 6.61. The van der Waals surface area contributed by atoms with Crippen LogP contribution >= 0.6 is 34.8 Å². The third-order valence-corrected chi connectivity index (χ3v) is 4.35. The first kappa shape index (κ1) is 16.8. The number of quaternary nitrogens is 1. The number of carbonyl (C=O) groups excluding carboxylic acids is 1. The van der Waals surface area contributed by atoms with Crippen LogP contribution in [0.3, 0.4) is 0 Å². The molecule has 1 aliphatic rings. The van der Waals surface area contributed by atoms with Crippen LogP contribution in [0.5, 0.6) is 0 Å². The Labute approximate surface area is 139 Å². The van der Waals surface area contributed by atoms with Crippen molar-refractivity contribution in [2.24, 2.45) is 0 Å². The first-order valence-corrected chi connectivity index (χ1v) is 7.92. The molecular formula is C14H18Cl3N2O2+. The van der Waals surface area contributed by atoms with Gasteiger partial charge in [0.2, 0.25) is 0 Å². The summed E-state index contributed by atoms with van der Waals surface area (Å²) in [6, 6.07) is 3.08. The van der Waals surface area contributed by atoms with Crippen molar-refractivity contribution in [3.63, 3.8) is 0 Å². The highest BCUT2D eigenvalue weighted by Gasteiger charge is 2.27. The number of carbonyl (C=O) groups is 1. The van der Waals surface area contributed by atoms with Crippen molar-refractivity contribution in [3.8, 4) is 0 Å². The average molecular weight is 353 g/mol. The molecule has 1 aromatic rings. The van der Waals surface area contributed by atoms with Crippen molar-refractivity contribution < 1.29 is 14.4 Å². The Kier molecular flexibility index (Phi) is 5.74. The van der Waals surface area contributed by atoms with Crippen LogP contribution in [0.4, 0.5) is 5.69 Å². The van der Waals surface area contributed by atoms with Gasteiger partial charge in [-0.15, -0.1) is 0 Å². The maximum absolute atomic E-state index is 12.1. The number of anilines is 1. The summed E-state index contributed by atoms with van der Waals surface area (Å²) < 4.78 is 5.66. The minimum Gasteiger partial charge on any atom is -0.364 e. The molecule has 21 heavy (non-hydrogen) atoms. The molecule has 7 heteroatoms. The van der Waals surface area contributed by atoms with Gasteiger partial charge in [0.1, 0.15) is 25.3 Å². The quantitative estimate of drug-likeness (QED) is 0.820. The van der Waals surface area contributed by atoms with E-state index in [0.717, 1.165) is 13.1 Å². The Morgan fingerprint density at radius 3 is 2.38 bits per heavy atom. The lowest BCUT2D eigenvalue weighted by Gasteiger charge is -2.31. The number of ether oxygens (including phenoxy) is 1. The highest BCUT2D eigenvalue weighted by molar-refractivity contribution is 6.44. The average Bonchev–Trinajstić information content (AvgIpc) is 2.34. The zero-order valence-electron chi connectivity index (χ0n) is 11.9. The molecule has 1 amide bonds. The Morgan fingerprint density at radius 1 is 1.19 bits per heavy atom. The number of morpholine rings is 1. The van der Waals surface area contributed by atoms with Crippen LogP contribution in [0.25, 0.3) is 0 Å². The summed E-state index contributed by atoms with van der Waals surface area (Å²) in [5.74, 6) is -0.105. The molecule has 116 valence electrons. The van der Waals surface area contributed by atoms with Gasteiger partial charge < -0.3 is 15.0 Å². The molecule has 2 rings (SSSR count). The van der Waals surface area contributed by atoms with Crippen LogP contribution in [0.2, 0.25) is 15.1 Å². The molecule has 2 atom stereocenters. The molecule has 1 heterocycles. The summed E-state index contributed by atoms with van der Waals surface area (Å²) >= 11 is 17.8. The van der Waals surface area contributed by atoms with Gasteiger partial charge in [-0.1, -0.05) is 34.8 Å². The van der Waals surface area contributed by atoms with Crippen molar-refractivity contribution in [3.05, 3.63) is 27.2 Å². The smallest absolute Gasteiger partial charge is 0.279 e. The molecule has 4 nitrogen and oxygen atoms in total. The number of halogens is 3. The maximum atomic E-state index is 12.1. The predicted octanol–water partition coefficient (Wildman–Crippen LogP) is 2.28. The minimum atomic E-state index is -0.105. The lowest BCUT2D eigenvalue weighted by atomic mass is 10.2. The monoisotopic (exact) mass is 351 g/mol. The van der Waals surface area contributed by atoms with E-state index in [9.17, 15) is 4.79 Å². The number of amides is 1. The summed E-state index contributed by atoms with van der Waals surface area (Å²) in [5.41, 5.74) is 0.477. The first-order chi connectivity index (χ1) is 9.85. The van der Waals surface area contributed by atoms with Gasteiger partial charge in [-0.05, 0) is 26.0 Å². The van der Waals surface area contributed by atoms with Crippen molar-refractivity contribution in [2.45, 2.75) is 26.1 Å². The fraction of sp³-hybridized carbons (Fsp3) is 0.500. The van der Waals surface area contributed by atoms with Gasteiger partial charge in [0.05, 0.1) is 20.8 Å². The number of hydrogen-bond acceptors (Lipinski definition) is 2. The van der Waals surface area contributed by atoms with Gasteiger partial charge in [-0.3, -0.25) is 4.79 Å². The van der Waals surface area contributed by atoms with E-state index in [0.29, 0.717) is 27.3 Å². The van der Waals surface area contributed by atoms with Gasteiger partial charge in [0, 0.05) is 0 Å². The predicted molar refractivity (Wildman–Crippen MR) is 85.7 cm³/mol. The molecule has 0 aliphatic carbocycles. The molecule has 1 aromatic carbocycles. The molecular weight excluding hydrogens is 335 g/mol. The number of nitrogens with one attached hydrogen (secondary N) is 2. The number of hydrogen-bond donors (Lipinski definition) is 2. The topological polar surface area (TPSA) is 42.8 Å². The molecule has 0 unspecified atom stereocenters. The third kappa shape index (κ3) is 4.73. The third-order valence-electron chi connectivity index (χ3n) is 3.31. The van der Waals surface area contributed by atoms with Gasteiger partial charge >= 0.3 is 0 Å². The van der Waals surface area contributed by atoms with Crippen molar-refractivity contribution in [1.82, 2.24) is 0 Å². The molecule has 1 aliphatic heterocycles. The maximum Gasteiger partial charge on any atom is 0.279 e. The standard InChI is InChI=1S/C14H17Cl3N2O2/c1-8-5-19(6-9(2)21-8)7-14(20)18-13-4-11(16)10(15)3-12(13)17/h3-4,8-9H,5-7H2,1-2H3,(H,18,20)/p+1/t8-,9-/m1/s1. The van der Waals surface area contributed by atoms with E-state index in [1.807, 2.05) is 13.8 Å². The highest BCUT2D eigenvalue weighted by Crippen LogP contribution is 2.32. The summed E-state index contributed by atoms with van der Waals surface area (Å²) in [4.78, 5) is 13.3.